The van der Waals surface area contributed by atoms with Gasteiger partial charge in [-0.3, -0.25) is 14.4 Å². The number of ether oxygens (including phenoxy) is 2. The number of hydrogen-bond acceptors (Lipinski definition) is 5. The highest BCUT2D eigenvalue weighted by Gasteiger charge is 2.35. The van der Waals surface area contributed by atoms with Crippen molar-refractivity contribution in [3.05, 3.63) is 47.0 Å². The second kappa shape index (κ2) is 10.2. The first kappa shape index (κ1) is 23.5. The lowest BCUT2D eigenvalue weighted by Gasteiger charge is -2.23. The van der Waals surface area contributed by atoms with Crippen LogP contribution in [0.1, 0.15) is 48.9 Å². The van der Waals surface area contributed by atoms with Gasteiger partial charge in [-0.15, -0.1) is 0 Å². The minimum Gasteiger partial charge on any atom is -0.486 e. The number of carbonyl (C=O) groups is 3. The lowest BCUT2D eigenvalue weighted by molar-refractivity contribution is -0.122. The summed E-state index contributed by atoms with van der Waals surface area (Å²) in [6.45, 7) is 1.20. The Labute approximate surface area is 208 Å². The first-order valence-corrected chi connectivity index (χ1v) is 12.5. The third-order valence-corrected chi connectivity index (χ3v) is 7.08. The minimum absolute atomic E-state index is 0.100. The van der Waals surface area contributed by atoms with E-state index in [0.29, 0.717) is 46.7 Å². The maximum Gasteiger partial charge on any atom is 0.253 e. The predicted molar refractivity (Wildman–Crippen MR) is 132 cm³/mol. The zero-order valence-corrected chi connectivity index (χ0v) is 20.1. The molecule has 2 aliphatic heterocycles. The van der Waals surface area contributed by atoms with Gasteiger partial charge in [0.05, 0.1) is 16.5 Å². The van der Waals surface area contributed by atoms with Gasteiger partial charge in [-0.05, 0) is 43.2 Å². The number of hydrogen-bond donors (Lipinski definition) is 2. The molecule has 184 valence electrons. The average Bonchev–Trinajstić information content (AvgIpc) is 3.27. The molecule has 1 unspecified atom stereocenters. The van der Waals surface area contributed by atoms with Gasteiger partial charge in [0.2, 0.25) is 11.8 Å². The number of amides is 3. The van der Waals surface area contributed by atoms with E-state index < -0.39 is 5.92 Å². The van der Waals surface area contributed by atoms with Gasteiger partial charge in [-0.2, -0.15) is 0 Å². The van der Waals surface area contributed by atoms with Gasteiger partial charge in [0.15, 0.2) is 11.5 Å². The average molecular weight is 498 g/mol. The van der Waals surface area contributed by atoms with E-state index in [1.165, 1.54) is 6.42 Å². The van der Waals surface area contributed by atoms with Gasteiger partial charge in [0.25, 0.3) is 5.91 Å². The maximum atomic E-state index is 13.0. The highest BCUT2D eigenvalue weighted by Crippen LogP contribution is 2.36. The zero-order chi connectivity index (χ0) is 24.4. The van der Waals surface area contributed by atoms with Crippen LogP contribution < -0.4 is 25.0 Å². The number of benzene rings is 2. The van der Waals surface area contributed by atoms with Crippen molar-refractivity contribution < 1.29 is 23.9 Å². The largest absolute Gasteiger partial charge is 0.486 e. The Morgan fingerprint density at radius 3 is 2.54 bits per heavy atom. The van der Waals surface area contributed by atoms with E-state index in [4.69, 9.17) is 21.1 Å². The second-order valence-electron chi connectivity index (χ2n) is 9.23. The fraction of sp³-hybridized carbons (Fsp3) is 0.423. The zero-order valence-electron chi connectivity index (χ0n) is 19.3. The van der Waals surface area contributed by atoms with Crippen LogP contribution in [0.15, 0.2) is 36.4 Å². The van der Waals surface area contributed by atoms with Crippen molar-refractivity contribution in [1.82, 2.24) is 5.32 Å². The highest BCUT2D eigenvalue weighted by molar-refractivity contribution is 6.34. The molecule has 1 saturated heterocycles. The number of halogens is 1. The number of fused-ring (bicyclic) bond motifs is 1. The number of nitrogens with one attached hydrogen (secondary N) is 2. The van der Waals surface area contributed by atoms with Crippen LogP contribution in [0.5, 0.6) is 11.5 Å². The number of anilines is 2. The van der Waals surface area contributed by atoms with E-state index in [-0.39, 0.29) is 36.7 Å². The summed E-state index contributed by atoms with van der Waals surface area (Å²) < 4.78 is 11.2. The van der Waals surface area contributed by atoms with E-state index in [1.54, 1.807) is 41.3 Å². The molecule has 2 N–H and O–H groups in total. The molecule has 0 spiro atoms. The molecule has 3 amide bonds. The standard InChI is InChI=1S/C26H28ClN3O5/c27-21-8-6-18(13-20(21)26(33)28-17-4-2-1-3-5-17)29-25(32)16-12-24(31)30(15-16)19-7-9-22-23(14-19)35-11-10-34-22/h6-9,13-14,16-17H,1-5,10-12,15H2,(H,28,33)(H,29,32). The molecule has 2 aromatic rings. The van der Waals surface area contributed by atoms with Crippen molar-refractivity contribution in [2.75, 3.05) is 30.0 Å². The summed E-state index contributed by atoms with van der Waals surface area (Å²) in [6.07, 6.45) is 5.45. The van der Waals surface area contributed by atoms with Crippen LogP contribution >= 0.6 is 11.6 Å². The topological polar surface area (TPSA) is 97.0 Å². The van der Waals surface area contributed by atoms with Crippen LogP contribution in [0, 0.1) is 5.92 Å². The molecule has 2 fully saturated rings. The Kier molecular flexibility index (Phi) is 6.81. The third-order valence-electron chi connectivity index (χ3n) is 6.75. The highest BCUT2D eigenvalue weighted by atomic mass is 35.5. The van der Waals surface area contributed by atoms with Gasteiger partial charge in [-0.25, -0.2) is 0 Å². The molecule has 2 heterocycles. The molecule has 1 atom stereocenters. The molecule has 8 nitrogen and oxygen atoms in total. The van der Waals surface area contributed by atoms with Gasteiger partial charge < -0.3 is 25.0 Å². The van der Waals surface area contributed by atoms with E-state index in [2.05, 4.69) is 10.6 Å². The molecular weight excluding hydrogens is 470 g/mol. The van der Waals surface area contributed by atoms with Crippen molar-refractivity contribution >= 4 is 40.7 Å². The van der Waals surface area contributed by atoms with Crippen LogP contribution in [-0.4, -0.2) is 43.5 Å². The molecule has 0 bridgehead atoms. The van der Waals surface area contributed by atoms with Crippen molar-refractivity contribution in [3.63, 3.8) is 0 Å². The van der Waals surface area contributed by atoms with Crippen LogP contribution in [0.3, 0.4) is 0 Å². The molecule has 5 rings (SSSR count). The Morgan fingerprint density at radius 2 is 1.74 bits per heavy atom. The summed E-state index contributed by atoms with van der Waals surface area (Å²) >= 11 is 6.28. The van der Waals surface area contributed by atoms with Gasteiger partial charge in [0, 0.05) is 36.4 Å². The molecule has 0 aromatic heterocycles. The summed E-state index contributed by atoms with van der Waals surface area (Å²) in [5.74, 6) is 0.0659. The van der Waals surface area contributed by atoms with E-state index in [0.717, 1.165) is 25.7 Å². The minimum atomic E-state index is -0.522. The number of carbonyl (C=O) groups excluding carboxylic acids is 3. The Hall–Kier alpha value is -3.26. The number of nitrogens with zero attached hydrogens (tertiary/aromatic N) is 1. The Balaban J connectivity index is 1.24. The fourth-order valence-electron chi connectivity index (χ4n) is 4.86. The SMILES string of the molecule is O=C(NC1CCCCC1)c1cc(NC(=O)C2CC(=O)N(c3ccc4c(c3)OCCO4)C2)ccc1Cl. The number of rotatable bonds is 5. The summed E-state index contributed by atoms with van der Waals surface area (Å²) in [5.41, 5.74) is 1.47. The molecule has 3 aliphatic rings. The third kappa shape index (κ3) is 5.22. The molecule has 1 saturated carbocycles. The summed E-state index contributed by atoms with van der Waals surface area (Å²) in [6, 6.07) is 10.3. The van der Waals surface area contributed by atoms with Crippen molar-refractivity contribution in [3.8, 4) is 11.5 Å². The maximum absolute atomic E-state index is 13.0. The van der Waals surface area contributed by atoms with E-state index in [1.807, 2.05) is 0 Å². The molecular formula is C26H28ClN3O5. The van der Waals surface area contributed by atoms with Crippen LogP contribution in [0.2, 0.25) is 5.02 Å². The van der Waals surface area contributed by atoms with E-state index in [9.17, 15) is 14.4 Å². The summed E-state index contributed by atoms with van der Waals surface area (Å²) in [5, 5.41) is 6.24. The fourth-order valence-corrected chi connectivity index (χ4v) is 5.07. The lowest BCUT2D eigenvalue weighted by atomic mass is 9.95. The van der Waals surface area contributed by atoms with E-state index >= 15 is 0 Å². The predicted octanol–water partition coefficient (Wildman–Crippen LogP) is 4.17. The molecule has 9 heteroatoms. The summed E-state index contributed by atoms with van der Waals surface area (Å²) in [4.78, 5) is 40.1. The van der Waals surface area contributed by atoms with Gasteiger partial charge >= 0.3 is 0 Å². The molecule has 2 aromatic carbocycles. The monoisotopic (exact) mass is 497 g/mol. The van der Waals surface area contributed by atoms with Crippen LogP contribution in [0.25, 0.3) is 0 Å². The summed E-state index contributed by atoms with van der Waals surface area (Å²) in [7, 11) is 0. The van der Waals surface area contributed by atoms with Crippen molar-refractivity contribution in [2.45, 2.75) is 44.6 Å². The normalized spacial score (nSPS) is 20.0. The second-order valence-corrected chi connectivity index (χ2v) is 9.63. The first-order valence-electron chi connectivity index (χ1n) is 12.1. The van der Waals surface area contributed by atoms with Crippen LogP contribution in [-0.2, 0) is 9.59 Å². The Bertz CT molecular complexity index is 1150. The van der Waals surface area contributed by atoms with Crippen LogP contribution in [0.4, 0.5) is 11.4 Å². The molecule has 35 heavy (non-hydrogen) atoms. The van der Waals surface area contributed by atoms with Gasteiger partial charge in [-0.1, -0.05) is 30.9 Å². The first-order chi connectivity index (χ1) is 17.0. The quantitative estimate of drug-likeness (QED) is 0.646. The molecule has 1 aliphatic carbocycles. The van der Waals surface area contributed by atoms with Crippen molar-refractivity contribution in [2.24, 2.45) is 5.92 Å². The van der Waals surface area contributed by atoms with Crippen molar-refractivity contribution in [1.29, 1.82) is 0 Å². The molecule has 0 radical (unpaired) electrons. The lowest BCUT2D eigenvalue weighted by Crippen LogP contribution is -2.36. The van der Waals surface area contributed by atoms with Gasteiger partial charge in [0.1, 0.15) is 13.2 Å². The smallest absolute Gasteiger partial charge is 0.253 e. The Morgan fingerprint density at radius 1 is 0.971 bits per heavy atom.